The summed E-state index contributed by atoms with van der Waals surface area (Å²) >= 11 is 0. The Bertz CT molecular complexity index is 695. The highest BCUT2D eigenvalue weighted by atomic mass is 16.6. The van der Waals surface area contributed by atoms with Crippen molar-refractivity contribution in [2.45, 2.75) is 45.3 Å². The molecule has 0 aromatic heterocycles. The molecule has 1 rings (SSSR count). The summed E-state index contributed by atoms with van der Waals surface area (Å²) in [5.74, 6) is -1.65. The van der Waals surface area contributed by atoms with Crippen molar-refractivity contribution in [3.05, 3.63) is 39.9 Å². The van der Waals surface area contributed by atoms with Crippen molar-refractivity contribution in [3.63, 3.8) is 0 Å². The highest BCUT2D eigenvalue weighted by molar-refractivity contribution is 5.86. The molecular weight excluding hydrogens is 358 g/mol. The van der Waals surface area contributed by atoms with Crippen molar-refractivity contribution < 1.29 is 29.2 Å². The van der Waals surface area contributed by atoms with E-state index in [2.05, 4.69) is 10.6 Å². The van der Waals surface area contributed by atoms with Gasteiger partial charge in [-0.05, 0) is 26.3 Å². The number of hydrogen-bond acceptors (Lipinski definition) is 6. The van der Waals surface area contributed by atoms with E-state index in [4.69, 9.17) is 9.84 Å². The third kappa shape index (κ3) is 8.66. The number of nitrogens with zero attached hydrogens (tertiary/aromatic N) is 1. The third-order valence-corrected chi connectivity index (χ3v) is 3.23. The molecular formula is C17H23N3O7. The van der Waals surface area contributed by atoms with Crippen LogP contribution in [0.3, 0.4) is 0 Å². The van der Waals surface area contributed by atoms with Crippen molar-refractivity contribution in [1.82, 2.24) is 10.6 Å². The predicted octanol–water partition coefficient (Wildman–Crippen LogP) is 1.62. The molecule has 0 fully saturated rings. The molecule has 0 radical (unpaired) electrons. The van der Waals surface area contributed by atoms with Gasteiger partial charge in [0.25, 0.3) is 5.69 Å². The number of ether oxygens (including phenoxy) is 1. The summed E-state index contributed by atoms with van der Waals surface area (Å²) in [4.78, 5) is 45.1. The van der Waals surface area contributed by atoms with Gasteiger partial charge in [0, 0.05) is 25.1 Å². The Morgan fingerprint density at radius 3 is 2.30 bits per heavy atom. The van der Waals surface area contributed by atoms with E-state index in [0.717, 1.165) is 0 Å². The minimum atomic E-state index is -1.07. The van der Waals surface area contributed by atoms with E-state index in [1.54, 1.807) is 20.8 Å². The van der Waals surface area contributed by atoms with Gasteiger partial charge in [0.2, 0.25) is 5.91 Å². The molecule has 0 spiro atoms. The summed E-state index contributed by atoms with van der Waals surface area (Å²) in [5.41, 5.74) is -0.279. The van der Waals surface area contributed by atoms with Crippen LogP contribution >= 0.6 is 0 Å². The van der Waals surface area contributed by atoms with Gasteiger partial charge in [0.15, 0.2) is 0 Å². The van der Waals surface area contributed by atoms with E-state index in [9.17, 15) is 24.5 Å². The van der Waals surface area contributed by atoms with Crippen LogP contribution in [0.15, 0.2) is 24.3 Å². The summed E-state index contributed by atoms with van der Waals surface area (Å²) < 4.78 is 5.14. The van der Waals surface area contributed by atoms with Crippen LogP contribution in [-0.2, 0) is 20.7 Å². The van der Waals surface area contributed by atoms with Gasteiger partial charge in [-0.15, -0.1) is 0 Å². The summed E-state index contributed by atoms with van der Waals surface area (Å²) in [6.45, 7) is 4.92. The smallest absolute Gasteiger partial charge is 0.408 e. The maximum absolute atomic E-state index is 12.3. The SMILES string of the molecule is CC(C)(C)OC(=O)N[C@@H](Cc1ccc([N+](=O)[O-])cc1)C(=O)NCCC(=O)O. The lowest BCUT2D eigenvalue weighted by molar-refractivity contribution is -0.384. The lowest BCUT2D eigenvalue weighted by atomic mass is 10.0. The number of aliphatic carboxylic acids is 1. The fraction of sp³-hybridized carbons (Fsp3) is 0.471. The zero-order valence-electron chi connectivity index (χ0n) is 15.4. The van der Waals surface area contributed by atoms with E-state index in [0.29, 0.717) is 5.56 Å². The number of carboxylic acid groups (broad SMARTS) is 1. The molecule has 0 aliphatic carbocycles. The standard InChI is InChI=1S/C17H23N3O7/c1-17(2,3)27-16(24)19-13(15(23)18-9-8-14(21)22)10-11-4-6-12(7-5-11)20(25)26/h4-7,13H,8-10H2,1-3H3,(H,18,23)(H,19,24)(H,21,22)/t13-/m0/s1. The maximum atomic E-state index is 12.3. The number of nitro groups is 1. The second-order valence-electron chi connectivity index (χ2n) is 6.76. The van der Waals surface area contributed by atoms with E-state index >= 15 is 0 Å². The second-order valence-corrected chi connectivity index (χ2v) is 6.76. The lowest BCUT2D eigenvalue weighted by Crippen LogP contribution is -2.49. The number of non-ortho nitro benzene ring substituents is 1. The van der Waals surface area contributed by atoms with Gasteiger partial charge in [-0.2, -0.15) is 0 Å². The number of benzene rings is 1. The molecule has 148 valence electrons. The summed E-state index contributed by atoms with van der Waals surface area (Å²) in [6, 6.07) is 4.51. The number of carbonyl (C=O) groups is 3. The first-order chi connectivity index (χ1) is 12.5. The van der Waals surface area contributed by atoms with Crippen molar-refractivity contribution in [3.8, 4) is 0 Å². The molecule has 27 heavy (non-hydrogen) atoms. The van der Waals surface area contributed by atoms with Crippen LogP contribution in [0.1, 0.15) is 32.8 Å². The Morgan fingerprint density at radius 2 is 1.81 bits per heavy atom. The first kappa shape index (κ1) is 21.9. The minimum absolute atomic E-state index is 0.0517. The number of hydrogen-bond donors (Lipinski definition) is 3. The lowest BCUT2D eigenvalue weighted by Gasteiger charge is -2.23. The normalized spacial score (nSPS) is 12.0. The van der Waals surface area contributed by atoms with E-state index < -0.39 is 34.5 Å². The monoisotopic (exact) mass is 381 g/mol. The van der Waals surface area contributed by atoms with Crippen LogP contribution < -0.4 is 10.6 Å². The number of carbonyl (C=O) groups excluding carboxylic acids is 2. The molecule has 0 unspecified atom stereocenters. The molecule has 1 aromatic rings. The molecule has 1 atom stereocenters. The van der Waals surface area contributed by atoms with Crippen molar-refractivity contribution in [2.24, 2.45) is 0 Å². The maximum Gasteiger partial charge on any atom is 0.408 e. The van der Waals surface area contributed by atoms with Crippen LogP contribution in [0, 0.1) is 10.1 Å². The van der Waals surface area contributed by atoms with Crippen molar-refractivity contribution in [2.75, 3.05) is 6.54 Å². The number of amides is 2. The average molecular weight is 381 g/mol. The number of carboxylic acids is 1. The van der Waals surface area contributed by atoms with Gasteiger partial charge in [0.1, 0.15) is 11.6 Å². The Kier molecular flexibility index (Phi) is 7.70. The van der Waals surface area contributed by atoms with E-state index in [1.807, 2.05) is 0 Å². The molecule has 3 N–H and O–H groups in total. The van der Waals surface area contributed by atoms with Crippen molar-refractivity contribution >= 4 is 23.7 Å². The van der Waals surface area contributed by atoms with Crippen LogP contribution in [0.25, 0.3) is 0 Å². The molecule has 0 aliphatic rings. The largest absolute Gasteiger partial charge is 0.481 e. The summed E-state index contributed by atoms with van der Waals surface area (Å²) in [5, 5.41) is 24.2. The summed E-state index contributed by atoms with van der Waals surface area (Å²) in [6.07, 6.45) is -1.01. The van der Waals surface area contributed by atoms with Crippen LogP contribution in [-0.4, -0.2) is 46.2 Å². The topological polar surface area (TPSA) is 148 Å². The Morgan fingerprint density at radius 1 is 1.22 bits per heavy atom. The summed E-state index contributed by atoms with van der Waals surface area (Å²) in [7, 11) is 0. The van der Waals surface area contributed by atoms with Crippen LogP contribution in [0.4, 0.5) is 10.5 Å². The second kappa shape index (κ2) is 9.51. The molecule has 10 nitrogen and oxygen atoms in total. The van der Waals surface area contributed by atoms with Gasteiger partial charge in [0.05, 0.1) is 11.3 Å². The van der Waals surface area contributed by atoms with Gasteiger partial charge < -0.3 is 20.5 Å². The Balaban J connectivity index is 2.85. The predicted molar refractivity (Wildman–Crippen MR) is 95.2 cm³/mol. The molecule has 1 aromatic carbocycles. The molecule has 0 saturated carbocycles. The van der Waals surface area contributed by atoms with E-state index in [-0.39, 0.29) is 25.1 Å². The minimum Gasteiger partial charge on any atom is -0.481 e. The quantitative estimate of drug-likeness (QED) is 0.458. The third-order valence-electron chi connectivity index (χ3n) is 3.23. The first-order valence-corrected chi connectivity index (χ1v) is 8.20. The molecule has 0 aliphatic heterocycles. The zero-order chi connectivity index (χ0) is 20.6. The first-order valence-electron chi connectivity index (χ1n) is 8.20. The number of nitrogens with one attached hydrogen (secondary N) is 2. The zero-order valence-corrected chi connectivity index (χ0v) is 15.4. The fourth-order valence-corrected chi connectivity index (χ4v) is 2.06. The highest BCUT2D eigenvalue weighted by Crippen LogP contribution is 2.14. The molecule has 0 heterocycles. The number of nitro benzene ring substituents is 1. The number of alkyl carbamates (subject to hydrolysis) is 1. The van der Waals surface area contributed by atoms with Gasteiger partial charge >= 0.3 is 12.1 Å². The Hall–Kier alpha value is -3.17. The Labute approximate surface area is 156 Å². The van der Waals surface area contributed by atoms with Gasteiger partial charge in [-0.1, -0.05) is 12.1 Å². The highest BCUT2D eigenvalue weighted by Gasteiger charge is 2.25. The molecule has 2 amide bonds. The fourth-order valence-electron chi connectivity index (χ4n) is 2.06. The van der Waals surface area contributed by atoms with Gasteiger partial charge in [-0.3, -0.25) is 19.7 Å². The van der Waals surface area contributed by atoms with Crippen LogP contribution in [0.5, 0.6) is 0 Å². The number of rotatable bonds is 8. The average Bonchev–Trinajstić information content (AvgIpc) is 2.52. The van der Waals surface area contributed by atoms with Crippen molar-refractivity contribution in [1.29, 1.82) is 0 Å². The van der Waals surface area contributed by atoms with Crippen LogP contribution in [0.2, 0.25) is 0 Å². The molecule has 0 saturated heterocycles. The molecule has 10 heteroatoms. The van der Waals surface area contributed by atoms with Gasteiger partial charge in [-0.25, -0.2) is 4.79 Å². The van der Waals surface area contributed by atoms with E-state index in [1.165, 1.54) is 24.3 Å². The molecule has 0 bridgehead atoms.